The molecular formula is C9H15NO2. The van der Waals surface area contributed by atoms with Gasteiger partial charge < -0.3 is 10.5 Å². The lowest BCUT2D eigenvalue weighted by Gasteiger charge is -2.19. The summed E-state index contributed by atoms with van der Waals surface area (Å²) >= 11 is 0. The van der Waals surface area contributed by atoms with Gasteiger partial charge in [0.15, 0.2) is 0 Å². The average molecular weight is 169 g/mol. The van der Waals surface area contributed by atoms with Crippen LogP contribution in [-0.2, 0) is 9.53 Å². The van der Waals surface area contributed by atoms with Crippen LogP contribution in [0.5, 0.6) is 0 Å². The van der Waals surface area contributed by atoms with E-state index in [2.05, 4.69) is 6.08 Å². The molecule has 0 saturated carbocycles. The molecule has 0 heterocycles. The van der Waals surface area contributed by atoms with Crippen LogP contribution in [0.15, 0.2) is 12.2 Å². The molecule has 0 aromatic rings. The van der Waals surface area contributed by atoms with Crippen molar-refractivity contribution >= 4 is 5.97 Å². The Balaban J connectivity index is 2.31. The second kappa shape index (κ2) is 4.26. The van der Waals surface area contributed by atoms with Crippen LogP contribution >= 0.6 is 0 Å². The Morgan fingerprint density at radius 3 is 2.92 bits per heavy atom. The van der Waals surface area contributed by atoms with E-state index in [-0.39, 0.29) is 12.1 Å². The fourth-order valence-electron chi connectivity index (χ4n) is 1.14. The number of ether oxygens (including phenoxy) is 1. The molecule has 1 rings (SSSR count). The number of rotatable bonds is 2. The van der Waals surface area contributed by atoms with Crippen molar-refractivity contribution in [3.05, 3.63) is 12.2 Å². The average Bonchev–Trinajstić information content (AvgIpc) is 2.06. The van der Waals surface area contributed by atoms with Crippen LogP contribution in [0.2, 0.25) is 0 Å². The number of hydrogen-bond acceptors (Lipinski definition) is 3. The van der Waals surface area contributed by atoms with Gasteiger partial charge in [-0.05, 0) is 19.8 Å². The van der Waals surface area contributed by atoms with Crippen molar-refractivity contribution < 1.29 is 9.53 Å². The highest BCUT2D eigenvalue weighted by molar-refractivity contribution is 5.75. The van der Waals surface area contributed by atoms with Crippen LogP contribution in [0.3, 0.4) is 0 Å². The predicted molar refractivity (Wildman–Crippen MR) is 46.5 cm³/mol. The van der Waals surface area contributed by atoms with Gasteiger partial charge in [0.25, 0.3) is 0 Å². The van der Waals surface area contributed by atoms with Gasteiger partial charge in [0.05, 0.1) is 0 Å². The number of nitrogens with two attached hydrogens (primary N) is 1. The summed E-state index contributed by atoms with van der Waals surface area (Å²) in [5, 5.41) is 0. The SMILES string of the molecule is C[C@H](N)C(=O)OC1CC=CCC1. The Morgan fingerprint density at radius 1 is 1.67 bits per heavy atom. The number of allylic oxidation sites excluding steroid dienone is 1. The second-order valence-corrected chi connectivity index (χ2v) is 3.13. The molecule has 1 unspecified atom stereocenters. The van der Waals surface area contributed by atoms with Crippen molar-refractivity contribution in [3.8, 4) is 0 Å². The van der Waals surface area contributed by atoms with Gasteiger partial charge in [-0.15, -0.1) is 0 Å². The van der Waals surface area contributed by atoms with Gasteiger partial charge in [-0.2, -0.15) is 0 Å². The topological polar surface area (TPSA) is 52.3 Å². The van der Waals surface area contributed by atoms with Crippen LogP contribution in [-0.4, -0.2) is 18.1 Å². The van der Waals surface area contributed by atoms with Crippen molar-refractivity contribution in [2.24, 2.45) is 5.73 Å². The highest BCUT2D eigenvalue weighted by Gasteiger charge is 2.16. The molecule has 0 radical (unpaired) electrons. The maximum Gasteiger partial charge on any atom is 0.322 e. The fourth-order valence-corrected chi connectivity index (χ4v) is 1.14. The van der Waals surface area contributed by atoms with E-state index in [9.17, 15) is 4.79 Å². The molecule has 1 aliphatic rings. The molecule has 0 aliphatic heterocycles. The molecule has 0 fully saturated rings. The molecule has 0 spiro atoms. The van der Waals surface area contributed by atoms with Crippen molar-refractivity contribution in [2.45, 2.75) is 38.3 Å². The summed E-state index contributed by atoms with van der Waals surface area (Å²) in [5.41, 5.74) is 5.36. The summed E-state index contributed by atoms with van der Waals surface area (Å²) in [7, 11) is 0. The third-order valence-corrected chi connectivity index (χ3v) is 1.88. The minimum absolute atomic E-state index is 0.0495. The van der Waals surface area contributed by atoms with Crippen LogP contribution < -0.4 is 5.73 Å². The van der Waals surface area contributed by atoms with E-state index >= 15 is 0 Å². The molecule has 0 saturated heterocycles. The number of esters is 1. The summed E-state index contributed by atoms with van der Waals surface area (Å²) < 4.78 is 5.14. The van der Waals surface area contributed by atoms with E-state index in [0.29, 0.717) is 0 Å². The first kappa shape index (κ1) is 9.26. The van der Waals surface area contributed by atoms with Gasteiger partial charge in [0.2, 0.25) is 0 Å². The minimum atomic E-state index is -0.504. The maximum absolute atomic E-state index is 11.0. The first-order chi connectivity index (χ1) is 5.70. The highest BCUT2D eigenvalue weighted by atomic mass is 16.5. The number of carbonyl (C=O) groups excluding carboxylic acids is 1. The Labute approximate surface area is 72.6 Å². The Hall–Kier alpha value is -0.830. The normalized spacial score (nSPS) is 25.0. The van der Waals surface area contributed by atoms with Gasteiger partial charge in [-0.25, -0.2) is 0 Å². The lowest BCUT2D eigenvalue weighted by atomic mass is 10.0. The van der Waals surface area contributed by atoms with Crippen molar-refractivity contribution in [2.75, 3.05) is 0 Å². The summed E-state index contributed by atoms with van der Waals surface area (Å²) in [5.74, 6) is -0.296. The van der Waals surface area contributed by atoms with Gasteiger partial charge in [0, 0.05) is 6.42 Å². The molecule has 1 aliphatic carbocycles. The van der Waals surface area contributed by atoms with Crippen molar-refractivity contribution in [1.29, 1.82) is 0 Å². The molecular weight excluding hydrogens is 154 g/mol. The molecule has 3 heteroatoms. The van der Waals surface area contributed by atoms with Gasteiger partial charge >= 0.3 is 5.97 Å². The smallest absolute Gasteiger partial charge is 0.322 e. The zero-order valence-corrected chi connectivity index (χ0v) is 7.32. The molecule has 0 aromatic heterocycles. The molecule has 2 atom stereocenters. The summed E-state index contributed by atoms with van der Waals surface area (Å²) in [4.78, 5) is 11.0. The highest BCUT2D eigenvalue weighted by Crippen LogP contribution is 2.14. The summed E-state index contributed by atoms with van der Waals surface area (Å²) in [6.07, 6.45) is 6.96. The molecule has 0 amide bonds. The van der Waals surface area contributed by atoms with Crippen LogP contribution in [0.1, 0.15) is 26.2 Å². The van der Waals surface area contributed by atoms with Gasteiger partial charge in [-0.1, -0.05) is 12.2 Å². The third-order valence-electron chi connectivity index (χ3n) is 1.88. The van der Waals surface area contributed by atoms with Crippen LogP contribution in [0.25, 0.3) is 0 Å². The Morgan fingerprint density at radius 2 is 2.42 bits per heavy atom. The molecule has 0 bridgehead atoms. The fraction of sp³-hybridized carbons (Fsp3) is 0.667. The first-order valence-electron chi connectivity index (χ1n) is 4.31. The van der Waals surface area contributed by atoms with Crippen LogP contribution in [0, 0.1) is 0 Å². The predicted octanol–water partition coefficient (Wildman–Crippen LogP) is 0.985. The standard InChI is InChI=1S/C9H15NO2/c1-7(10)9(11)12-8-5-3-2-4-6-8/h2-3,7-8H,4-6,10H2,1H3/t7-,8?/m0/s1. The Bertz CT molecular complexity index is 187. The molecule has 3 nitrogen and oxygen atoms in total. The minimum Gasteiger partial charge on any atom is -0.461 e. The quantitative estimate of drug-likeness (QED) is 0.495. The zero-order valence-electron chi connectivity index (χ0n) is 7.32. The zero-order chi connectivity index (χ0) is 8.97. The van der Waals surface area contributed by atoms with E-state index in [4.69, 9.17) is 10.5 Å². The van der Waals surface area contributed by atoms with Crippen LogP contribution in [0.4, 0.5) is 0 Å². The van der Waals surface area contributed by atoms with E-state index in [1.807, 2.05) is 6.08 Å². The summed E-state index contributed by atoms with van der Waals surface area (Å²) in [6.45, 7) is 1.64. The molecule has 2 N–H and O–H groups in total. The van der Waals surface area contributed by atoms with Gasteiger partial charge in [-0.3, -0.25) is 4.79 Å². The number of carbonyl (C=O) groups is 1. The second-order valence-electron chi connectivity index (χ2n) is 3.13. The van der Waals surface area contributed by atoms with Gasteiger partial charge in [0.1, 0.15) is 12.1 Å². The third kappa shape index (κ3) is 2.66. The van der Waals surface area contributed by atoms with E-state index in [1.165, 1.54) is 0 Å². The largest absolute Gasteiger partial charge is 0.461 e. The molecule has 68 valence electrons. The van der Waals surface area contributed by atoms with E-state index in [1.54, 1.807) is 6.92 Å². The van der Waals surface area contributed by atoms with Crippen molar-refractivity contribution in [3.63, 3.8) is 0 Å². The monoisotopic (exact) mass is 169 g/mol. The molecule has 12 heavy (non-hydrogen) atoms. The number of hydrogen-bond donors (Lipinski definition) is 1. The molecule has 0 aromatic carbocycles. The Kier molecular flexibility index (Phi) is 3.29. The van der Waals surface area contributed by atoms with E-state index < -0.39 is 6.04 Å². The van der Waals surface area contributed by atoms with E-state index in [0.717, 1.165) is 19.3 Å². The lowest BCUT2D eigenvalue weighted by molar-refractivity contribution is -0.150. The van der Waals surface area contributed by atoms with Crippen molar-refractivity contribution in [1.82, 2.24) is 0 Å². The maximum atomic E-state index is 11.0. The lowest BCUT2D eigenvalue weighted by Crippen LogP contribution is -2.32. The first-order valence-corrected chi connectivity index (χ1v) is 4.31. The summed E-state index contributed by atoms with van der Waals surface area (Å²) in [6, 6.07) is -0.504.